The summed E-state index contributed by atoms with van der Waals surface area (Å²) in [4.78, 5) is 16.6. The molecule has 3 fully saturated rings. The molecule has 2 saturated heterocycles. The number of hydrogen-bond acceptors (Lipinski definition) is 3. The van der Waals surface area contributed by atoms with Crippen LogP contribution in [0.5, 0.6) is 0 Å². The minimum Gasteiger partial charge on any atom is -0.393 e. The number of rotatable bonds is 3. The Morgan fingerprint density at radius 3 is 2.22 bits per heavy atom. The highest BCUT2D eigenvalue weighted by Gasteiger charge is 2.39. The van der Waals surface area contributed by atoms with Crippen molar-refractivity contribution < 1.29 is 14.3 Å². The summed E-state index contributed by atoms with van der Waals surface area (Å²) in [5.41, 5.74) is -1.16. The van der Waals surface area contributed by atoms with Gasteiger partial charge in [0.1, 0.15) is 5.67 Å². The van der Waals surface area contributed by atoms with Crippen molar-refractivity contribution in [3.05, 3.63) is 0 Å². The van der Waals surface area contributed by atoms with Gasteiger partial charge in [-0.1, -0.05) is 19.3 Å². The molecule has 1 saturated carbocycles. The van der Waals surface area contributed by atoms with E-state index in [9.17, 15) is 9.90 Å². The molecule has 0 aromatic rings. The van der Waals surface area contributed by atoms with Crippen LogP contribution in [0.4, 0.5) is 4.39 Å². The fourth-order valence-corrected chi connectivity index (χ4v) is 4.37. The minimum atomic E-state index is -1.16. The maximum atomic E-state index is 15.1. The summed E-state index contributed by atoms with van der Waals surface area (Å²) >= 11 is 0. The van der Waals surface area contributed by atoms with Gasteiger partial charge in [-0.15, -0.1) is 0 Å². The fourth-order valence-electron chi connectivity index (χ4n) is 4.37. The first-order valence-corrected chi connectivity index (χ1v) is 9.44. The van der Waals surface area contributed by atoms with E-state index in [4.69, 9.17) is 0 Å². The van der Waals surface area contributed by atoms with Crippen molar-refractivity contribution in [3.8, 4) is 0 Å². The van der Waals surface area contributed by atoms with Gasteiger partial charge in [-0.2, -0.15) is 0 Å². The standard InChI is InChI=1S/C18H31FN2O2/c19-18(14-20-10-6-16(22)7-11-20)8-12-21(13-9-18)17(23)15-4-2-1-3-5-15/h15-16,22H,1-14H2. The zero-order valence-electron chi connectivity index (χ0n) is 14.2. The largest absolute Gasteiger partial charge is 0.393 e. The first-order valence-electron chi connectivity index (χ1n) is 9.44. The van der Waals surface area contributed by atoms with Gasteiger partial charge >= 0.3 is 0 Å². The van der Waals surface area contributed by atoms with E-state index in [1.54, 1.807) is 0 Å². The Balaban J connectivity index is 1.46. The summed E-state index contributed by atoms with van der Waals surface area (Å²) in [5.74, 6) is 0.465. The number of carbonyl (C=O) groups excluding carboxylic acids is 1. The average molecular weight is 326 g/mol. The Hall–Kier alpha value is -0.680. The lowest BCUT2D eigenvalue weighted by Gasteiger charge is -2.41. The van der Waals surface area contributed by atoms with Gasteiger partial charge in [-0.3, -0.25) is 9.69 Å². The summed E-state index contributed by atoms with van der Waals surface area (Å²) in [5, 5.41) is 9.55. The Kier molecular flexibility index (Phi) is 5.57. The highest BCUT2D eigenvalue weighted by molar-refractivity contribution is 5.79. The molecular formula is C18H31FN2O2. The second kappa shape index (κ2) is 7.47. The van der Waals surface area contributed by atoms with Crippen molar-refractivity contribution in [3.63, 3.8) is 0 Å². The van der Waals surface area contributed by atoms with Gasteiger partial charge in [0.25, 0.3) is 0 Å². The Morgan fingerprint density at radius 1 is 1.00 bits per heavy atom. The van der Waals surface area contributed by atoms with Crippen molar-refractivity contribution in [1.82, 2.24) is 9.80 Å². The number of halogens is 1. The summed E-state index contributed by atoms with van der Waals surface area (Å²) in [6, 6.07) is 0. The Labute approximate surface area is 139 Å². The summed E-state index contributed by atoms with van der Waals surface area (Å²) in [6.45, 7) is 3.19. The van der Waals surface area contributed by atoms with Gasteiger partial charge in [-0.25, -0.2) is 4.39 Å². The van der Waals surface area contributed by atoms with E-state index in [1.807, 2.05) is 4.90 Å². The fraction of sp³-hybridized carbons (Fsp3) is 0.944. The van der Waals surface area contributed by atoms with Gasteiger partial charge in [0, 0.05) is 51.5 Å². The molecule has 0 spiro atoms. The van der Waals surface area contributed by atoms with Crippen LogP contribution in [-0.2, 0) is 4.79 Å². The van der Waals surface area contributed by atoms with Crippen LogP contribution in [0.1, 0.15) is 57.8 Å². The lowest BCUT2D eigenvalue weighted by molar-refractivity contribution is -0.139. The van der Waals surface area contributed by atoms with E-state index in [-0.39, 0.29) is 17.9 Å². The van der Waals surface area contributed by atoms with E-state index >= 15 is 4.39 Å². The van der Waals surface area contributed by atoms with Gasteiger partial charge in [0.05, 0.1) is 6.10 Å². The first kappa shape index (κ1) is 17.2. The molecule has 0 radical (unpaired) electrons. The average Bonchev–Trinajstić information content (AvgIpc) is 2.58. The molecule has 0 aromatic carbocycles. The zero-order chi connectivity index (χ0) is 16.3. The van der Waals surface area contributed by atoms with Gasteiger partial charge < -0.3 is 10.0 Å². The van der Waals surface area contributed by atoms with Crippen LogP contribution in [0.25, 0.3) is 0 Å². The normalized spacial score (nSPS) is 28.0. The SMILES string of the molecule is O=C(C1CCCCC1)N1CCC(F)(CN2CCC(O)CC2)CC1. The lowest BCUT2D eigenvalue weighted by Crippen LogP contribution is -2.52. The molecule has 0 aromatic heterocycles. The van der Waals surface area contributed by atoms with Crippen molar-refractivity contribution in [2.24, 2.45) is 5.92 Å². The van der Waals surface area contributed by atoms with E-state index in [2.05, 4.69) is 4.90 Å². The maximum absolute atomic E-state index is 15.1. The quantitative estimate of drug-likeness (QED) is 0.866. The third-order valence-corrected chi connectivity index (χ3v) is 5.99. The molecular weight excluding hydrogens is 295 g/mol. The number of piperidine rings is 2. The maximum Gasteiger partial charge on any atom is 0.225 e. The molecule has 1 N–H and O–H groups in total. The third-order valence-electron chi connectivity index (χ3n) is 5.99. The summed E-state index contributed by atoms with van der Waals surface area (Å²) in [6.07, 6.45) is 7.84. The number of likely N-dealkylation sites (tertiary alicyclic amines) is 2. The molecule has 3 rings (SSSR count). The molecule has 132 valence electrons. The molecule has 0 unspecified atom stereocenters. The van der Waals surface area contributed by atoms with E-state index < -0.39 is 5.67 Å². The van der Waals surface area contributed by atoms with Gasteiger partial charge in [-0.05, 0) is 25.7 Å². The Bertz CT molecular complexity index is 396. The molecule has 0 atom stereocenters. The molecule has 3 aliphatic rings. The predicted octanol–water partition coefficient (Wildman–Crippen LogP) is 2.35. The number of alkyl halides is 1. The van der Waals surface area contributed by atoms with Crippen LogP contribution in [0.15, 0.2) is 0 Å². The minimum absolute atomic E-state index is 0.194. The Morgan fingerprint density at radius 2 is 1.61 bits per heavy atom. The third kappa shape index (κ3) is 4.44. The first-order chi connectivity index (χ1) is 11.1. The second-order valence-electron chi connectivity index (χ2n) is 7.82. The number of aliphatic hydroxyl groups is 1. The molecule has 2 heterocycles. The predicted molar refractivity (Wildman–Crippen MR) is 87.9 cm³/mol. The number of hydrogen-bond donors (Lipinski definition) is 1. The van der Waals surface area contributed by atoms with Crippen LogP contribution in [0.2, 0.25) is 0 Å². The zero-order valence-corrected chi connectivity index (χ0v) is 14.2. The van der Waals surface area contributed by atoms with Crippen molar-refractivity contribution in [2.45, 2.75) is 69.6 Å². The molecule has 2 aliphatic heterocycles. The smallest absolute Gasteiger partial charge is 0.225 e. The van der Waals surface area contributed by atoms with E-state index in [0.29, 0.717) is 32.5 Å². The number of carbonyl (C=O) groups is 1. The molecule has 1 aliphatic carbocycles. The highest BCUT2D eigenvalue weighted by atomic mass is 19.1. The van der Waals surface area contributed by atoms with Crippen LogP contribution in [0, 0.1) is 5.92 Å². The van der Waals surface area contributed by atoms with E-state index in [1.165, 1.54) is 6.42 Å². The lowest BCUT2D eigenvalue weighted by atomic mass is 9.86. The highest BCUT2D eigenvalue weighted by Crippen LogP contribution is 2.31. The molecule has 0 bridgehead atoms. The topological polar surface area (TPSA) is 43.8 Å². The number of aliphatic hydroxyl groups excluding tert-OH is 1. The number of amides is 1. The van der Waals surface area contributed by atoms with Crippen LogP contribution < -0.4 is 0 Å². The van der Waals surface area contributed by atoms with Crippen molar-refractivity contribution in [1.29, 1.82) is 0 Å². The summed E-state index contributed by atoms with van der Waals surface area (Å²) in [7, 11) is 0. The van der Waals surface area contributed by atoms with Gasteiger partial charge in [0.15, 0.2) is 0 Å². The van der Waals surface area contributed by atoms with Crippen molar-refractivity contribution >= 4 is 5.91 Å². The molecule has 4 nitrogen and oxygen atoms in total. The summed E-state index contributed by atoms with van der Waals surface area (Å²) < 4.78 is 15.1. The van der Waals surface area contributed by atoms with Crippen LogP contribution in [-0.4, -0.2) is 65.3 Å². The molecule has 23 heavy (non-hydrogen) atoms. The number of nitrogens with zero attached hydrogens (tertiary/aromatic N) is 2. The van der Waals surface area contributed by atoms with Gasteiger partial charge in [0.2, 0.25) is 5.91 Å². The van der Waals surface area contributed by atoms with Crippen LogP contribution >= 0.6 is 0 Å². The second-order valence-corrected chi connectivity index (χ2v) is 7.82. The molecule has 1 amide bonds. The van der Waals surface area contributed by atoms with Crippen LogP contribution in [0.3, 0.4) is 0 Å². The monoisotopic (exact) mass is 326 g/mol. The van der Waals surface area contributed by atoms with Crippen molar-refractivity contribution in [2.75, 3.05) is 32.7 Å². The molecule has 5 heteroatoms. The van der Waals surface area contributed by atoms with E-state index in [0.717, 1.165) is 51.6 Å².